The van der Waals surface area contributed by atoms with Crippen molar-refractivity contribution in [3.63, 3.8) is 0 Å². The number of nitrogens with one attached hydrogen (secondary N) is 3. The first-order valence-corrected chi connectivity index (χ1v) is 10.1. The molecule has 0 spiro atoms. The van der Waals surface area contributed by atoms with Crippen molar-refractivity contribution >= 4 is 17.0 Å². The molecule has 4 heterocycles. The van der Waals surface area contributed by atoms with E-state index in [2.05, 4.69) is 30.6 Å². The maximum absolute atomic E-state index is 13.7. The van der Waals surface area contributed by atoms with Crippen molar-refractivity contribution in [2.75, 3.05) is 18.4 Å². The zero-order chi connectivity index (χ0) is 22.4. The Kier molecular flexibility index (Phi) is 5.38. The highest BCUT2D eigenvalue weighted by Gasteiger charge is 2.36. The van der Waals surface area contributed by atoms with Gasteiger partial charge >= 0.3 is 6.18 Å². The van der Waals surface area contributed by atoms with Crippen LogP contribution in [0.15, 0.2) is 24.5 Å². The zero-order valence-corrected chi connectivity index (χ0v) is 17.5. The van der Waals surface area contributed by atoms with E-state index in [0.717, 1.165) is 11.9 Å². The minimum atomic E-state index is -4.61. The molecular formula is C21H25F3N6O. The lowest BCUT2D eigenvalue weighted by atomic mass is 9.91. The number of aromatic nitrogens is 4. The van der Waals surface area contributed by atoms with Crippen LogP contribution in [0.3, 0.4) is 0 Å². The van der Waals surface area contributed by atoms with E-state index in [9.17, 15) is 18.3 Å². The molecule has 1 saturated heterocycles. The highest BCUT2D eigenvalue weighted by atomic mass is 19.4. The molecule has 2 atom stereocenters. The lowest BCUT2D eigenvalue weighted by Gasteiger charge is -2.27. The molecular weight excluding hydrogens is 409 g/mol. The van der Waals surface area contributed by atoms with E-state index >= 15 is 0 Å². The van der Waals surface area contributed by atoms with Gasteiger partial charge in [-0.2, -0.15) is 13.2 Å². The fourth-order valence-corrected chi connectivity index (χ4v) is 3.69. The molecule has 0 aliphatic carbocycles. The molecule has 1 aliphatic rings. The van der Waals surface area contributed by atoms with Crippen LogP contribution in [0, 0.1) is 0 Å². The van der Waals surface area contributed by atoms with Crippen LogP contribution in [-0.4, -0.2) is 50.3 Å². The van der Waals surface area contributed by atoms with E-state index in [4.69, 9.17) is 0 Å². The molecule has 3 aromatic rings. The quantitative estimate of drug-likeness (QED) is 0.504. The largest absolute Gasteiger partial charge is 0.419 e. The number of halogens is 3. The second kappa shape index (κ2) is 7.76. The van der Waals surface area contributed by atoms with Crippen LogP contribution in [0.25, 0.3) is 22.3 Å². The van der Waals surface area contributed by atoms with Crippen molar-refractivity contribution in [2.24, 2.45) is 0 Å². The van der Waals surface area contributed by atoms with E-state index in [1.165, 1.54) is 6.20 Å². The number of piperidine rings is 1. The Hall–Kier alpha value is -2.72. The maximum Gasteiger partial charge on any atom is 0.419 e. The number of nitrogens with zero attached hydrogens (tertiary/aromatic N) is 3. The Labute approximate surface area is 177 Å². The van der Waals surface area contributed by atoms with Gasteiger partial charge in [-0.15, -0.1) is 0 Å². The summed E-state index contributed by atoms with van der Waals surface area (Å²) < 4.78 is 41.2. The number of alkyl halides is 3. The molecule has 31 heavy (non-hydrogen) atoms. The molecule has 0 unspecified atom stereocenters. The number of hydrogen-bond acceptors (Lipinski definition) is 6. The van der Waals surface area contributed by atoms with Crippen molar-refractivity contribution in [1.82, 2.24) is 25.3 Å². The van der Waals surface area contributed by atoms with Gasteiger partial charge in [-0.3, -0.25) is 0 Å². The van der Waals surface area contributed by atoms with Gasteiger partial charge in [-0.05, 0) is 18.6 Å². The number of fused-ring (bicyclic) bond motifs is 1. The van der Waals surface area contributed by atoms with Crippen molar-refractivity contribution in [2.45, 2.75) is 50.9 Å². The summed E-state index contributed by atoms with van der Waals surface area (Å²) in [5, 5.41) is 16.5. The summed E-state index contributed by atoms with van der Waals surface area (Å²) >= 11 is 0. The van der Waals surface area contributed by atoms with Gasteiger partial charge in [0.15, 0.2) is 0 Å². The number of aliphatic hydroxyl groups is 1. The first kappa shape index (κ1) is 21.5. The van der Waals surface area contributed by atoms with Crippen LogP contribution < -0.4 is 10.6 Å². The molecule has 0 saturated carbocycles. The number of H-pyrrole nitrogens is 1. The molecule has 1 aliphatic heterocycles. The van der Waals surface area contributed by atoms with Crippen LogP contribution in [0.2, 0.25) is 0 Å². The Bertz CT molecular complexity index is 1090. The molecule has 0 aromatic carbocycles. The molecule has 1 fully saturated rings. The first-order valence-electron chi connectivity index (χ1n) is 10.1. The molecule has 10 heteroatoms. The summed E-state index contributed by atoms with van der Waals surface area (Å²) in [5.74, 6) is 0.0810. The summed E-state index contributed by atoms with van der Waals surface area (Å²) in [7, 11) is 0. The highest BCUT2D eigenvalue weighted by Crippen LogP contribution is 2.38. The number of β-amino-alcohol motifs (C(OH)–C–C–N with tert-alkyl or cyclic N) is 1. The van der Waals surface area contributed by atoms with Crippen molar-refractivity contribution in [1.29, 1.82) is 0 Å². The molecule has 4 N–H and O–H groups in total. The van der Waals surface area contributed by atoms with Crippen LogP contribution in [0.5, 0.6) is 0 Å². The average Bonchev–Trinajstić information content (AvgIpc) is 3.09. The van der Waals surface area contributed by atoms with Crippen molar-refractivity contribution in [3.8, 4) is 11.3 Å². The SMILES string of the molecule is CC(C)(C)c1ccc2c(-c3nc(N[C@@H]4CNC[C@H](O)C4)ncc3C(F)(F)F)c[nH]c2n1. The Morgan fingerprint density at radius 2 is 1.90 bits per heavy atom. The van der Waals surface area contributed by atoms with Crippen LogP contribution in [0.1, 0.15) is 38.4 Å². The standard InChI is InChI=1S/C21H25F3N6O/c1-20(2,3)16-5-4-13-14(9-26-18(13)29-16)17-15(21(22,23)24)10-27-19(30-17)28-11-6-12(31)8-25-7-11/h4-5,9-12,25,31H,6-8H2,1-3H3,(H,26,29)(H,27,28,30)/t11-,12+/m0/s1. The number of pyridine rings is 1. The number of rotatable bonds is 3. The van der Waals surface area contributed by atoms with E-state index in [-0.39, 0.29) is 23.1 Å². The number of aliphatic hydroxyl groups excluding tert-OH is 1. The maximum atomic E-state index is 13.7. The average molecular weight is 434 g/mol. The molecule has 3 aromatic heterocycles. The van der Waals surface area contributed by atoms with Gasteiger partial charge in [0.1, 0.15) is 11.2 Å². The third kappa shape index (κ3) is 4.49. The summed E-state index contributed by atoms with van der Waals surface area (Å²) in [5.41, 5.74) is 0.316. The monoisotopic (exact) mass is 434 g/mol. The molecule has 0 amide bonds. The van der Waals surface area contributed by atoms with Gasteiger partial charge < -0.3 is 20.7 Å². The van der Waals surface area contributed by atoms with Crippen LogP contribution in [0.4, 0.5) is 19.1 Å². The summed E-state index contributed by atoms with van der Waals surface area (Å²) in [6.07, 6.45) is -2.39. The van der Waals surface area contributed by atoms with Gasteiger partial charge in [-0.25, -0.2) is 15.0 Å². The predicted molar refractivity (Wildman–Crippen MR) is 112 cm³/mol. The van der Waals surface area contributed by atoms with Crippen molar-refractivity contribution < 1.29 is 18.3 Å². The van der Waals surface area contributed by atoms with Gasteiger partial charge in [-0.1, -0.05) is 20.8 Å². The van der Waals surface area contributed by atoms with E-state index < -0.39 is 17.8 Å². The van der Waals surface area contributed by atoms with Gasteiger partial charge in [0, 0.05) is 53.6 Å². The van der Waals surface area contributed by atoms with E-state index in [0.29, 0.717) is 36.1 Å². The van der Waals surface area contributed by atoms with Crippen LogP contribution >= 0.6 is 0 Å². The Balaban J connectivity index is 1.76. The third-order valence-electron chi connectivity index (χ3n) is 5.32. The Morgan fingerprint density at radius 3 is 2.58 bits per heavy atom. The normalized spacial score (nSPS) is 20.2. The van der Waals surface area contributed by atoms with Gasteiger partial charge in [0.2, 0.25) is 5.95 Å². The minimum Gasteiger partial charge on any atom is -0.392 e. The number of hydrogen-bond donors (Lipinski definition) is 4. The summed E-state index contributed by atoms with van der Waals surface area (Å²) in [4.78, 5) is 15.7. The topological polar surface area (TPSA) is 98.8 Å². The van der Waals surface area contributed by atoms with E-state index in [1.54, 1.807) is 6.07 Å². The molecule has 0 radical (unpaired) electrons. The van der Waals surface area contributed by atoms with Gasteiger partial charge in [0.25, 0.3) is 0 Å². The van der Waals surface area contributed by atoms with Crippen LogP contribution in [-0.2, 0) is 11.6 Å². The third-order valence-corrected chi connectivity index (χ3v) is 5.32. The fourth-order valence-electron chi connectivity index (χ4n) is 3.69. The van der Waals surface area contributed by atoms with Crippen molar-refractivity contribution in [3.05, 3.63) is 35.8 Å². The molecule has 7 nitrogen and oxygen atoms in total. The first-order chi connectivity index (χ1) is 14.5. The number of aromatic amines is 1. The highest BCUT2D eigenvalue weighted by molar-refractivity contribution is 5.93. The van der Waals surface area contributed by atoms with Gasteiger partial charge in [0.05, 0.1) is 11.8 Å². The minimum absolute atomic E-state index is 0.0810. The molecule has 166 valence electrons. The summed E-state index contributed by atoms with van der Waals surface area (Å²) in [6.45, 7) is 7.10. The van der Waals surface area contributed by atoms with E-state index in [1.807, 2.05) is 26.8 Å². The lowest BCUT2D eigenvalue weighted by Crippen LogP contribution is -2.46. The molecule has 4 rings (SSSR count). The zero-order valence-electron chi connectivity index (χ0n) is 17.5. The predicted octanol–water partition coefficient (Wildman–Crippen LogP) is 3.47. The molecule has 0 bridgehead atoms. The lowest BCUT2D eigenvalue weighted by molar-refractivity contribution is -0.137. The Morgan fingerprint density at radius 1 is 1.13 bits per heavy atom. The second-order valence-corrected chi connectivity index (χ2v) is 8.89. The fraction of sp³-hybridized carbons (Fsp3) is 0.476. The summed E-state index contributed by atoms with van der Waals surface area (Å²) in [6, 6.07) is 3.40. The number of anilines is 1. The second-order valence-electron chi connectivity index (χ2n) is 8.89. The smallest absolute Gasteiger partial charge is 0.392 e.